The van der Waals surface area contributed by atoms with E-state index >= 15 is 0 Å². The number of hydrogen-bond acceptors (Lipinski definition) is 2. The molecule has 0 unspecified atom stereocenters. The number of hydrogen-bond donors (Lipinski definition) is 1. The third-order valence-corrected chi connectivity index (χ3v) is 3.18. The zero-order chi connectivity index (χ0) is 13.9. The number of aromatic nitrogens is 1. The summed E-state index contributed by atoms with van der Waals surface area (Å²) in [4.78, 5) is 3.11. The Labute approximate surface area is 116 Å². The number of nitrogens with one attached hydrogen (secondary N) is 1. The van der Waals surface area contributed by atoms with Crippen molar-refractivity contribution in [1.29, 1.82) is 0 Å². The Kier molecular flexibility index (Phi) is 3.29. The second-order valence-electron chi connectivity index (χ2n) is 4.45. The Balaban J connectivity index is 1.79. The minimum absolute atomic E-state index is 0.166. The van der Waals surface area contributed by atoms with Gasteiger partial charge in [-0.05, 0) is 30.3 Å². The van der Waals surface area contributed by atoms with Crippen LogP contribution in [-0.4, -0.2) is 12.1 Å². The predicted octanol–water partition coefficient (Wildman–Crippen LogP) is 3.89. The zero-order valence-corrected chi connectivity index (χ0v) is 11.0. The molecule has 0 atom stereocenters. The van der Waals surface area contributed by atoms with Gasteiger partial charge in [-0.1, -0.05) is 12.1 Å². The first kappa shape index (κ1) is 12.5. The van der Waals surface area contributed by atoms with Gasteiger partial charge < -0.3 is 14.5 Å². The van der Waals surface area contributed by atoms with Crippen LogP contribution in [0, 0.1) is 5.82 Å². The summed E-state index contributed by atoms with van der Waals surface area (Å²) in [6.45, 7) is 0.166. The van der Waals surface area contributed by atoms with Gasteiger partial charge in [0.1, 0.15) is 12.4 Å². The molecule has 0 aliphatic rings. The van der Waals surface area contributed by atoms with Crippen molar-refractivity contribution in [2.24, 2.45) is 0 Å². The van der Waals surface area contributed by atoms with Gasteiger partial charge in [0.25, 0.3) is 0 Å². The molecule has 0 saturated heterocycles. The number of halogens is 1. The van der Waals surface area contributed by atoms with Gasteiger partial charge in [0.05, 0.1) is 7.11 Å². The molecule has 0 radical (unpaired) electrons. The first-order valence-corrected chi connectivity index (χ1v) is 6.29. The maximum absolute atomic E-state index is 14.0. The van der Waals surface area contributed by atoms with Gasteiger partial charge in [-0.3, -0.25) is 0 Å². The molecule has 3 rings (SSSR count). The number of rotatable bonds is 4. The minimum Gasteiger partial charge on any atom is -0.494 e. The van der Waals surface area contributed by atoms with Crippen LogP contribution < -0.4 is 9.47 Å². The van der Waals surface area contributed by atoms with E-state index in [4.69, 9.17) is 9.47 Å². The van der Waals surface area contributed by atoms with Crippen LogP contribution in [0.1, 0.15) is 5.56 Å². The summed E-state index contributed by atoms with van der Waals surface area (Å²) < 4.78 is 24.6. The molecule has 2 aromatic carbocycles. The van der Waals surface area contributed by atoms with Crippen molar-refractivity contribution in [3.8, 4) is 11.5 Å². The van der Waals surface area contributed by atoms with Gasteiger partial charge in [0, 0.05) is 22.7 Å². The van der Waals surface area contributed by atoms with E-state index in [1.54, 1.807) is 18.2 Å². The van der Waals surface area contributed by atoms with Crippen molar-refractivity contribution in [3.05, 3.63) is 60.0 Å². The van der Waals surface area contributed by atoms with E-state index in [9.17, 15) is 4.39 Å². The Morgan fingerprint density at radius 3 is 2.90 bits per heavy atom. The first-order chi connectivity index (χ1) is 9.78. The maximum atomic E-state index is 14.0. The molecule has 0 aliphatic carbocycles. The smallest absolute Gasteiger partial charge is 0.171 e. The van der Waals surface area contributed by atoms with Crippen LogP contribution in [0.15, 0.2) is 48.7 Å². The number of benzene rings is 2. The summed E-state index contributed by atoms with van der Waals surface area (Å²) in [5.74, 6) is 0.559. The summed E-state index contributed by atoms with van der Waals surface area (Å²) in [5, 5.41) is 1.06. The summed E-state index contributed by atoms with van der Waals surface area (Å²) >= 11 is 0. The first-order valence-electron chi connectivity index (χ1n) is 6.29. The maximum Gasteiger partial charge on any atom is 0.171 e. The lowest BCUT2D eigenvalue weighted by molar-refractivity contribution is 0.296. The fraction of sp³-hybridized carbons (Fsp3) is 0.125. The van der Waals surface area contributed by atoms with Crippen molar-refractivity contribution in [2.45, 2.75) is 6.61 Å². The zero-order valence-electron chi connectivity index (χ0n) is 11.0. The third kappa shape index (κ3) is 2.32. The summed E-state index contributed by atoms with van der Waals surface area (Å²) in [5.41, 5.74) is 1.52. The molecule has 4 heteroatoms. The molecule has 0 spiro atoms. The lowest BCUT2D eigenvalue weighted by Gasteiger charge is -2.09. The standard InChI is InChI=1S/C16H14FNO2/c1-19-15-4-2-3-12(16(15)17)10-20-13-5-6-14-11(9-13)7-8-18-14/h2-9,18H,10H2,1H3. The average molecular weight is 271 g/mol. The summed E-state index contributed by atoms with van der Waals surface area (Å²) in [6, 6.07) is 12.7. The largest absolute Gasteiger partial charge is 0.494 e. The Morgan fingerprint density at radius 2 is 2.05 bits per heavy atom. The van der Waals surface area contributed by atoms with Crippen LogP contribution in [0.25, 0.3) is 10.9 Å². The van der Waals surface area contributed by atoms with E-state index in [2.05, 4.69) is 4.98 Å². The Hall–Kier alpha value is -2.49. The molecule has 0 amide bonds. The van der Waals surface area contributed by atoms with Gasteiger partial charge >= 0.3 is 0 Å². The van der Waals surface area contributed by atoms with E-state index in [1.165, 1.54) is 7.11 Å². The molecule has 102 valence electrons. The molecular formula is C16H14FNO2. The normalized spacial score (nSPS) is 10.7. The molecule has 1 N–H and O–H groups in total. The molecule has 1 aromatic heterocycles. The molecule has 0 bridgehead atoms. The number of methoxy groups -OCH3 is 1. The van der Waals surface area contributed by atoms with E-state index in [0.29, 0.717) is 11.3 Å². The van der Waals surface area contributed by atoms with Crippen LogP contribution in [-0.2, 0) is 6.61 Å². The van der Waals surface area contributed by atoms with Crippen molar-refractivity contribution >= 4 is 10.9 Å². The van der Waals surface area contributed by atoms with Gasteiger partial charge in [0.2, 0.25) is 0 Å². The molecule has 3 nitrogen and oxygen atoms in total. The van der Waals surface area contributed by atoms with Crippen LogP contribution in [0.5, 0.6) is 11.5 Å². The van der Waals surface area contributed by atoms with Crippen molar-refractivity contribution < 1.29 is 13.9 Å². The molecule has 1 heterocycles. The van der Waals surface area contributed by atoms with E-state index < -0.39 is 0 Å². The number of fused-ring (bicyclic) bond motifs is 1. The van der Waals surface area contributed by atoms with Gasteiger partial charge in [-0.15, -0.1) is 0 Å². The van der Waals surface area contributed by atoms with Crippen molar-refractivity contribution in [2.75, 3.05) is 7.11 Å². The summed E-state index contributed by atoms with van der Waals surface area (Å²) in [7, 11) is 1.45. The SMILES string of the molecule is COc1cccc(COc2ccc3[nH]ccc3c2)c1F. The quantitative estimate of drug-likeness (QED) is 0.781. The Morgan fingerprint density at radius 1 is 1.15 bits per heavy atom. The lowest BCUT2D eigenvalue weighted by Crippen LogP contribution is -2.00. The van der Waals surface area contributed by atoms with Crippen LogP contribution in [0.2, 0.25) is 0 Å². The fourth-order valence-electron chi connectivity index (χ4n) is 2.11. The van der Waals surface area contributed by atoms with Gasteiger partial charge in [-0.2, -0.15) is 0 Å². The number of H-pyrrole nitrogens is 1. The fourth-order valence-corrected chi connectivity index (χ4v) is 2.11. The highest BCUT2D eigenvalue weighted by Crippen LogP contribution is 2.23. The van der Waals surface area contributed by atoms with Gasteiger partial charge in [-0.25, -0.2) is 4.39 Å². The second-order valence-corrected chi connectivity index (χ2v) is 4.45. The van der Waals surface area contributed by atoms with Crippen LogP contribution >= 0.6 is 0 Å². The molecule has 0 fully saturated rings. The van der Waals surface area contributed by atoms with Crippen molar-refractivity contribution in [1.82, 2.24) is 4.98 Å². The monoisotopic (exact) mass is 271 g/mol. The highest BCUT2D eigenvalue weighted by molar-refractivity contribution is 5.80. The second kappa shape index (κ2) is 5.25. The lowest BCUT2D eigenvalue weighted by atomic mass is 10.2. The highest BCUT2D eigenvalue weighted by atomic mass is 19.1. The Bertz CT molecular complexity index is 736. The van der Waals surface area contributed by atoms with E-state index in [0.717, 1.165) is 10.9 Å². The summed E-state index contributed by atoms with van der Waals surface area (Å²) in [6.07, 6.45) is 1.87. The topological polar surface area (TPSA) is 34.2 Å². The molecule has 0 saturated carbocycles. The van der Waals surface area contributed by atoms with Crippen LogP contribution in [0.4, 0.5) is 4.39 Å². The molecule has 3 aromatic rings. The van der Waals surface area contributed by atoms with Crippen LogP contribution in [0.3, 0.4) is 0 Å². The number of ether oxygens (including phenoxy) is 2. The highest BCUT2D eigenvalue weighted by Gasteiger charge is 2.09. The third-order valence-electron chi connectivity index (χ3n) is 3.18. The molecular weight excluding hydrogens is 257 g/mol. The van der Waals surface area contributed by atoms with E-state index in [-0.39, 0.29) is 18.2 Å². The molecule has 20 heavy (non-hydrogen) atoms. The minimum atomic E-state index is -0.377. The van der Waals surface area contributed by atoms with Gasteiger partial charge in [0.15, 0.2) is 11.6 Å². The van der Waals surface area contributed by atoms with Crippen molar-refractivity contribution in [3.63, 3.8) is 0 Å². The predicted molar refractivity (Wildman–Crippen MR) is 75.6 cm³/mol. The van der Waals surface area contributed by atoms with E-state index in [1.807, 2.05) is 30.5 Å². The molecule has 0 aliphatic heterocycles. The number of aromatic amines is 1. The average Bonchev–Trinajstić information content (AvgIpc) is 2.93.